The standard InChI is InChI=1S/C21H23N3O/c1-3-23(4-2)13-14-24-18-12-8-6-10-16(18)19-15-9-5-7-11-17(15)22-21(25)20(19)24/h5-12H,3-4,13-14H2,1-2H3,(H,22,25). The molecule has 0 aliphatic rings. The van der Waals surface area contributed by atoms with Crippen molar-refractivity contribution in [3.05, 3.63) is 58.9 Å². The lowest BCUT2D eigenvalue weighted by Crippen LogP contribution is -2.27. The molecule has 0 aliphatic heterocycles. The smallest absolute Gasteiger partial charge is 0.272 e. The molecule has 0 unspecified atom stereocenters. The third kappa shape index (κ3) is 2.53. The highest BCUT2D eigenvalue weighted by molar-refractivity contribution is 6.19. The van der Waals surface area contributed by atoms with Crippen molar-refractivity contribution in [3.8, 4) is 0 Å². The maximum absolute atomic E-state index is 12.9. The lowest BCUT2D eigenvalue weighted by atomic mass is 10.1. The van der Waals surface area contributed by atoms with Gasteiger partial charge in [-0.2, -0.15) is 0 Å². The molecule has 0 fully saturated rings. The van der Waals surface area contributed by atoms with Gasteiger partial charge in [0.25, 0.3) is 5.56 Å². The summed E-state index contributed by atoms with van der Waals surface area (Å²) in [5.74, 6) is 0. The molecule has 4 aromatic rings. The van der Waals surface area contributed by atoms with E-state index in [9.17, 15) is 4.79 Å². The molecular formula is C21H23N3O. The van der Waals surface area contributed by atoms with Crippen LogP contribution in [0.5, 0.6) is 0 Å². The Balaban J connectivity index is 2.04. The Hall–Kier alpha value is -2.59. The lowest BCUT2D eigenvalue weighted by molar-refractivity contribution is 0.293. The van der Waals surface area contributed by atoms with Crippen LogP contribution in [0.4, 0.5) is 0 Å². The van der Waals surface area contributed by atoms with Crippen molar-refractivity contribution in [3.63, 3.8) is 0 Å². The molecule has 4 rings (SSSR count). The molecule has 4 heteroatoms. The summed E-state index contributed by atoms with van der Waals surface area (Å²) < 4.78 is 2.19. The molecule has 128 valence electrons. The Morgan fingerprint density at radius 2 is 1.64 bits per heavy atom. The van der Waals surface area contributed by atoms with Gasteiger partial charge in [0.1, 0.15) is 5.52 Å². The number of hydrogen-bond donors (Lipinski definition) is 1. The molecule has 4 nitrogen and oxygen atoms in total. The number of H-pyrrole nitrogens is 1. The Bertz CT molecular complexity index is 1100. The van der Waals surface area contributed by atoms with Gasteiger partial charge in [-0.1, -0.05) is 50.2 Å². The van der Waals surface area contributed by atoms with Gasteiger partial charge in [0.05, 0.1) is 0 Å². The van der Waals surface area contributed by atoms with Gasteiger partial charge in [-0.15, -0.1) is 0 Å². The molecule has 2 heterocycles. The number of pyridine rings is 1. The van der Waals surface area contributed by atoms with Crippen LogP contribution in [0.15, 0.2) is 53.3 Å². The second-order valence-electron chi connectivity index (χ2n) is 6.42. The van der Waals surface area contributed by atoms with Crippen molar-refractivity contribution in [2.45, 2.75) is 20.4 Å². The van der Waals surface area contributed by atoms with Crippen LogP contribution in [0, 0.1) is 0 Å². The summed E-state index contributed by atoms with van der Waals surface area (Å²) in [6, 6.07) is 16.4. The number of nitrogens with one attached hydrogen (secondary N) is 1. The van der Waals surface area contributed by atoms with Crippen LogP contribution in [0.2, 0.25) is 0 Å². The van der Waals surface area contributed by atoms with Crippen molar-refractivity contribution < 1.29 is 0 Å². The first-order chi connectivity index (χ1) is 12.2. The van der Waals surface area contributed by atoms with E-state index in [1.54, 1.807) is 0 Å². The predicted molar refractivity (Wildman–Crippen MR) is 105 cm³/mol. The van der Waals surface area contributed by atoms with E-state index in [0.717, 1.165) is 58.9 Å². The summed E-state index contributed by atoms with van der Waals surface area (Å²) in [7, 11) is 0. The normalized spacial score (nSPS) is 12.0. The van der Waals surface area contributed by atoms with Gasteiger partial charge in [-0.3, -0.25) is 4.79 Å². The van der Waals surface area contributed by atoms with Crippen molar-refractivity contribution >= 4 is 32.7 Å². The van der Waals surface area contributed by atoms with Crippen LogP contribution < -0.4 is 5.56 Å². The number of likely N-dealkylation sites (N-methyl/N-ethyl adjacent to an activating group) is 1. The molecule has 0 amide bonds. The van der Waals surface area contributed by atoms with Crippen LogP contribution in [-0.4, -0.2) is 34.1 Å². The van der Waals surface area contributed by atoms with Gasteiger partial charge in [0, 0.05) is 40.3 Å². The molecule has 2 aromatic carbocycles. The van der Waals surface area contributed by atoms with E-state index in [1.807, 2.05) is 30.3 Å². The maximum Gasteiger partial charge on any atom is 0.272 e. The third-order valence-electron chi connectivity index (χ3n) is 5.16. The Morgan fingerprint density at radius 1 is 0.960 bits per heavy atom. The largest absolute Gasteiger partial charge is 0.335 e. The minimum atomic E-state index is -0.00977. The fourth-order valence-corrected chi connectivity index (χ4v) is 3.82. The first kappa shape index (κ1) is 15.9. The molecular weight excluding hydrogens is 310 g/mol. The number of nitrogens with zero attached hydrogens (tertiary/aromatic N) is 2. The quantitative estimate of drug-likeness (QED) is 0.600. The van der Waals surface area contributed by atoms with Gasteiger partial charge in [-0.25, -0.2) is 0 Å². The van der Waals surface area contributed by atoms with Gasteiger partial charge in [0.2, 0.25) is 0 Å². The Kier molecular flexibility index (Phi) is 4.06. The third-order valence-corrected chi connectivity index (χ3v) is 5.16. The van der Waals surface area contributed by atoms with E-state index in [2.05, 4.69) is 46.5 Å². The number of hydrogen-bond acceptors (Lipinski definition) is 2. The van der Waals surface area contributed by atoms with Gasteiger partial charge in [-0.05, 0) is 25.2 Å². The zero-order valence-electron chi connectivity index (χ0n) is 14.7. The maximum atomic E-state index is 12.9. The molecule has 25 heavy (non-hydrogen) atoms. The number of aromatic amines is 1. The molecule has 0 saturated carbocycles. The van der Waals surface area contributed by atoms with Crippen LogP contribution in [0.3, 0.4) is 0 Å². The van der Waals surface area contributed by atoms with Gasteiger partial charge >= 0.3 is 0 Å². The fourth-order valence-electron chi connectivity index (χ4n) is 3.82. The van der Waals surface area contributed by atoms with Crippen LogP contribution in [0.25, 0.3) is 32.7 Å². The first-order valence-electron chi connectivity index (χ1n) is 8.99. The van der Waals surface area contributed by atoms with Crippen molar-refractivity contribution in [1.82, 2.24) is 14.5 Å². The molecule has 0 bridgehead atoms. The zero-order valence-corrected chi connectivity index (χ0v) is 14.7. The number of aromatic nitrogens is 2. The summed E-state index contributed by atoms with van der Waals surface area (Å²) in [5, 5.41) is 3.32. The van der Waals surface area contributed by atoms with Crippen molar-refractivity contribution in [2.24, 2.45) is 0 Å². The SMILES string of the molecule is CCN(CC)CCn1c2ccccc2c2c3ccccc3[nH]c(=O)c21. The Labute approximate surface area is 146 Å². The predicted octanol–water partition coefficient (Wildman–Crippen LogP) is 3.98. The molecule has 0 spiro atoms. The molecule has 2 aromatic heterocycles. The summed E-state index contributed by atoms with van der Waals surface area (Å²) in [5.41, 5.74) is 2.80. The minimum absolute atomic E-state index is 0.00977. The number of para-hydroxylation sites is 2. The number of rotatable bonds is 5. The van der Waals surface area contributed by atoms with Crippen LogP contribution in [-0.2, 0) is 6.54 Å². The minimum Gasteiger partial charge on any atom is -0.335 e. The number of benzene rings is 2. The van der Waals surface area contributed by atoms with E-state index >= 15 is 0 Å². The van der Waals surface area contributed by atoms with Crippen molar-refractivity contribution in [1.29, 1.82) is 0 Å². The lowest BCUT2D eigenvalue weighted by Gasteiger charge is -2.19. The molecule has 1 N–H and O–H groups in total. The van der Waals surface area contributed by atoms with Crippen LogP contribution >= 0.6 is 0 Å². The molecule has 0 radical (unpaired) electrons. The van der Waals surface area contributed by atoms with Gasteiger partial charge < -0.3 is 14.5 Å². The first-order valence-corrected chi connectivity index (χ1v) is 8.99. The highest BCUT2D eigenvalue weighted by Gasteiger charge is 2.16. The second-order valence-corrected chi connectivity index (χ2v) is 6.42. The number of fused-ring (bicyclic) bond motifs is 5. The molecule has 0 atom stereocenters. The van der Waals surface area contributed by atoms with E-state index in [0.29, 0.717) is 0 Å². The monoisotopic (exact) mass is 333 g/mol. The molecule has 0 aliphatic carbocycles. The Morgan fingerprint density at radius 3 is 2.40 bits per heavy atom. The van der Waals surface area contributed by atoms with E-state index in [-0.39, 0.29) is 5.56 Å². The fraction of sp³-hybridized carbons (Fsp3) is 0.286. The highest BCUT2D eigenvalue weighted by Crippen LogP contribution is 2.31. The summed E-state index contributed by atoms with van der Waals surface area (Å²) in [6.07, 6.45) is 0. The summed E-state index contributed by atoms with van der Waals surface area (Å²) in [4.78, 5) is 18.3. The zero-order chi connectivity index (χ0) is 17.4. The van der Waals surface area contributed by atoms with E-state index < -0.39 is 0 Å². The average molecular weight is 333 g/mol. The van der Waals surface area contributed by atoms with E-state index in [4.69, 9.17) is 0 Å². The van der Waals surface area contributed by atoms with Gasteiger partial charge in [0.15, 0.2) is 0 Å². The summed E-state index contributed by atoms with van der Waals surface area (Å²) >= 11 is 0. The second kappa shape index (κ2) is 6.37. The highest BCUT2D eigenvalue weighted by atomic mass is 16.1. The van der Waals surface area contributed by atoms with Crippen molar-refractivity contribution in [2.75, 3.05) is 19.6 Å². The van der Waals surface area contributed by atoms with Crippen LogP contribution in [0.1, 0.15) is 13.8 Å². The molecule has 0 saturated heterocycles. The summed E-state index contributed by atoms with van der Waals surface area (Å²) in [6.45, 7) is 8.14. The topological polar surface area (TPSA) is 41.0 Å². The average Bonchev–Trinajstić information content (AvgIpc) is 2.98. The van der Waals surface area contributed by atoms with E-state index in [1.165, 1.54) is 0 Å².